The van der Waals surface area contributed by atoms with E-state index in [-0.39, 0.29) is 5.92 Å². The first-order valence-electron chi connectivity index (χ1n) is 5.94. The van der Waals surface area contributed by atoms with Gasteiger partial charge in [-0.25, -0.2) is 4.98 Å². The molecule has 2 atom stereocenters. The molecule has 0 spiro atoms. The molecule has 1 aliphatic heterocycles. The number of pyridine rings is 1. The highest BCUT2D eigenvalue weighted by molar-refractivity contribution is 5.71. The Morgan fingerprint density at radius 2 is 2.39 bits per heavy atom. The van der Waals surface area contributed by atoms with E-state index < -0.39 is 5.97 Å². The van der Waals surface area contributed by atoms with Gasteiger partial charge >= 0.3 is 5.97 Å². The Morgan fingerprint density at radius 3 is 3.06 bits per heavy atom. The van der Waals surface area contributed by atoms with Gasteiger partial charge in [-0.3, -0.25) is 4.79 Å². The topological polar surface area (TPSA) is 77.2 Å². The van der Waals surface area contributed by atoms with Gasteiger partial charge in [0.05, 0.1) is 17.6 Å². The van der Waals surface area contributed by atoms with Crippen molar-refractivity contribution >= 4 is 11.8 Å². The van der Waals surface area contributed by atoms with Crippen molar-refractivity contribution in [2.24, 2.45) is 11.8 Å². The van der Waals surface area contributed by atoms with Gasteiger partial charge < -0.3 is 10.0 Å². The average molecular weight is 245 g/mol. The maximum absolute atomic E-state index is 11.1. The lowest BCUT2D eigenvalue weighted by molar-refractivity contribution is -0.142. The summed E-state index contributed by atoms with van der Waals surface area (Å²) >= 11 is 0. The molecule has 2 rings (SSSR count). The largest absolute Gasteiger partial charge is 0.481 e. The summed E-state index contributed by atoms with van der Waals surface area (Å²) in [5.74, 6) is -0.122. The van der Waals surface area contributed by atoms with Gasteiger partial charge in [0.2, 0.25) is 0 Å². The van der Waals surface area contributed by atoms with E-state index >= 15 is 0 Å². The van der Waals surface area contributed by atoms with E-state index in [2.05, 4.69) is 11.1 Å². The predicted octanol–water partition coefficient (Wildman–Crippen LogP) is 1.50. The molecule has 5 nitrogen and oxygen atoms in total. The fourth-order valence-electron chi connectivity index (χ4n) is 2.38. The lowest BCUT2D eigenvalue weighted by Gasteiger charge is -2.35. The Morgan fingerprint density at radius 1 is 1.61 bits per heavy atom. The van der Waals surface area contributed by atoms with Gasteiger partial charge in [-0.1, -0.05) is 6.92 Å². The molecule has 0 aromatic carbocycles. The second-order valence-corrected chi connectivity index (χ2v) is 4.80. The van der Waals surface area contributed by atoms with E-state index in [9.17, 15) is 4.79 Å². The molecule has 0 aliphatic carbocycles. The zero-order valence-electron chi connectivity index (χ0n) is 10.2. The first kappa shape index (κ1) is 12.4. The standard InChI is InChI=1S/C13H15N3O2/c1-9-4-11(13(17)18)8-16(7-9)12-5-10(6-14)2-3-15-12/h2-3,5,9,11H,4,7-8H2,1H3,(H,17,18). The highest BCUT2D eigenvalue weighted by Gasteiger charge is 2.30. The van der Waals surface area contributed by atoms with Crippen LogP contribution in [0.4, 0.5) is 5.82 Å². The molecule has 1 fully saturated rings. The third-order valence-corrected chi connectivity index (χ3v) is 3.21. The van der Waals surface area contributed by atoms with Crippen LogP contribution in [0, 0.1) is 23.2 Å². The Kier molecular flexibility index (Phi) is 3.47. The quantitative estimate of drug-likeness (QED) is 0.854. The van der Waals surface area contributed by atoms with E-state index in [1.807, 2.05) is 11.8 Å². The van der Waals surface area contributed by atoms with E-state index in [0.717, 1.165) is 6.54 Å². The van der Waals surface area contributed by atoms with Gasteiger partial charge in [0.25, 0.3) is 0 Å². The molecule has 1 saturated heterocycles. The minimum atomic E-state index is -0.761. The summed E-state index contributed by atoms with van der Waals surface area (Å²) in [4.78, 5) is 17.3. The summed E-state index contributed by atoms with van der Waals surface area (Å²) in [6.07, 6.45) is 2.28. The van der Waals surface area contributed by atoms with E-state index in [4.69, 9.17) is 10.4 Å². The molecule has 2 heterocycles. The van der Waals surface area contributed by atoms with Crippen LogP contribution in [0.25, 0.3) is 0 Å². The van der Waals surface area contributed by atoms with E-state index in [0.29, 0.717) is 30.3 Å². The number of nitriles is 1. The smallest absolute Gasteiger partial charge is 0.308 e. The van der Waals surface area contributed by atoms with Crippen molar-refractivity contribution in [1.82, 2.24) is 4.98 Å². The Labute approximate surface area is 106 Å². The zero-order valence-corrected chi connectivity index (χ0v) is 10.2. The number of rotatable bonds is 2. The molecule has 0 radical (unpaired) electrons. The van der Waals surface area contributed by atoms with Crippen LogP contribution in [0.1, 0.15) is 18.9 Å². The second-order valence-electron chi connectivity index (χ2n) is 4.80. The van der Waals surface area contributed by atoms with Crippen LogP contribution in [0.2, 0.25) is 0 Å². The number of nitrogens with zero attached hydrogens (tertiary/aromatic N) is 3. The minimum absolute atomic E-state index is 0.312. The van der Waals surface area contributed by atoms with Crippen molar-refractivity contribution in [3.05, 3.63) is 23.9 Å². The summed E-state index contributed by atoms with van der Waals surface area (Å²) in [5.41, 5.74) is 0.546. The van der Waals surface area contributed by atoms with Crippen LogP contribution in [0.3, 0.4) is 0 Å². The number of anilines is 1. The maximum Gasteiger partial charge on any atom is 0.308 e. The van der Waals surface area contributed by atoms with Crippen LogP contribution in [-0.2, 0) is 4.79 Å². The molecular formula is C13H15N3O2. The summed E-state index contributed by atoms with van der Waals surface area (Å²) in [5, 5.41) is 18.0. The number of piperidine rings is 1. The van der Waals surface area contributed by atoms with Crippen molar-refractivity contribution in [2.45, 2.75) is 13.3 Å². The Hall–Kier alpha value is -2.09. The molecule has 1 aromatic rings. The van der Waals surface area contributed by atoms with E-state index in [1.165, 1.54) is 0 Å². The number of hydrogen-bond donors (Lipinski definition) is 1. The summed E-state index contributed by atoms with van der Waals surface area (Å²) in [7, 11) is 0. The predicted molar refractivity (Wildman–Crippen MR) is 66.1 cm³/mol. The molecule has 0 saturated carbocycles. The second kappa shape index (κ2) is 5.05. The summed E-state index contributed by atoms with van der Waals surface area (Å²) in [6.45, 7) is 3.28. The summed E-state index contributed by atoms with van der Waals surface area (Å²) < 4.78 is 0. The van der Waals surface area contributed by atoms with Crippen LogP contribution in [0.5, 0.6) is 0 Å². The van der Waals surface area contributed by atoms with Gasteiger partial charge in [0.15, 0.2) is 0 Å². The lowest BCUT2D eigenvalue weighted by Crippen LogP contribution is -2.42. The van der Waals surface area contributed by atoms with Crippen molar-refractivity contribution in [1.29, 1.82) is 5.26 Å². The molecule has 5 heteroatoms. The molecule has 94 valence electrons. The highest BCUT2D eigenvalue weighted by atomic mass is 16.4. The first-order chi connectivity index (χ1) is 8.60. The fourth-order valence-corrected chi connectivity index (χ4v) is 2.38. The number of carboxylic acids is 1. The monoisotopic (exact) mass is 245 g/mol. The third-order valence-electron chi connectivity index (χ3n) is 3.21. The van der Waals surface area contributed by atoms with Crippen LogP contribution < -0.4 is 4.90 Å². The van der Waals surface area contributed by atoms with Crippen molar-refractivity contribution < 1.29 is 9.90 Å². The number of carboxylic acid groups (broad SMARTS) is 1. The number of carbonyl (C=O) groups is 1. The molecule has 0 bridgehead atoms. The Balaban J connectivity index is 2.21. The third kappa shape index (κ3) is 2.59. The van der Waals surface area contributed by atoms with Crippen molar-refractivity contribution in [2.75, 3.05) is 18.0 Å². The average Bonchev–Trinajstić information content (AvgIpc) is 2.38. The number of hydrogen-bond acceptors (Lipinski definition) is 4. The van der Waals surface area contributed by atoms with Crippen LogP contribution >= 0.6 is 0 Å². The molecule has 0 amide bonds. The molecule has 2 unspecified atom stereocenters. The van der Waals surface area contributed by atoms with Crippen molar-refractivity contribution in [3.63, 3.8) is 0 Å². The van der Waals surface area contributed by atoms with Crippen LogP contribution in [-0.4, -0.2) is 29.1 Å². The zero-order chi connectivity index (χ0) is 13.1. The normalized spacial score (nSPS) is 23.4. The molecular weight excluding hydrogens is 230 g/mol. The fraction of sp³-hybridized carbons (Fsp3) is 0.462. The van der Waals surface area contributed by atoms with Gasteiger partial charge in [-0.15, -0.1) is 0 Å². The van der Waals surface area contributed by atoms with Crippen LogP contribution in [0.15, 0.2) is 18.3 Å². The molecule has 1 aromatic heterocycles. The van der Waals surface area contributed by atoms with E-state index in [1.54, 1.807) is 18.3 Å². The Bertz CT molecular complexity index is 495. The van der Waals surface area contributed by atoms with Gasteiger partial charge in [0.1, 0.15) is 5.82 Å². The number of aromatic nitrogens is 1. The highest BCUT2D eigenvalue weighted by Crippen LogP contribution is 2.25. The SMILES string of the molecule is CC1CC(C(=O)O)CN(c2cc(C#N)ccn2)C1. The molecule has 1 N–H and O–H groups in total. The summed E-state index contributed by atoms with van der Waals surface area (Å²) in [6, 6.07) is 5.42. The van der Waals surface area contributed by atoms with Gasteiger partial charge in [-0.05, 0) is 24.5 Å². The first-order valence-corrected chi connectivity index (χ1v) is 5.94. The van der Waals surface area contributed by atoms with Gasteiger partial charge in [-0.2, -0.15) is 5.26 Å². The molecule has 18 heavy (non-hydrogen) atoms. The molecule has 1 aliphatic rings. The van der Waals surface area contributed by atoms with Crippen molar-refractivity contribution in [3.8, 4) is 6.07 Å². The van der Waals surface area contributed by atoms with Gasteiger partial charge in [0, 0.05) is 19.3 Å². The number of aliphatic carboxylic acids is 1. The lowest BCUT2D eigenvalue weighted by atomic mass is 9.90. The maximum atomic E-state index is 11.1. The minimum Gasteiger partial charge on any atom is -0.481 e.